The Labute approximate surface area is 152 Å². The molecule has 3 amide bonds. The first kappa shape index (κ1) is 17.2. The standard InChI is InChI=1S/C19H24N4O3/c1-19(20)6-7-22(11-19)9-12-2-3-13-10-23(18(26)14(13)8-12)15-4-5-16(24)21-17(15)25/h2-3,8,15H,4-7,9-11,20H2,1H3,(H,21,24,25)/t15?,19-/m0/s1. The van der Waals surface area contributed by atoms with Crippen molar-refractivity contribution in [2.45, 2.75) is 50.9 Å². The number of piperidine rings is 1. The van der Waals surface area contributed by atoms with E-state index in [4.69, 9.17) is 5.73 Å². The smallest absolute Gasteiger partial charge is 0.255 e. The predicted octanol–water partition coefficient (Wildman–Crippen LogP) is 0.371. The molecule has 0 aromatic heterocycles. The topological polar surface area (TPSA) is 95.7 Å². The van der Waals surface area contributed by atoms with Crippen molar-refractivity contribution in [2.75, 3.05) is 13.1 Å². The minimum absolute atomic E-state index is 0.124. The van der Waals surface area contributed by atoms with Crippen LogP contribution in [0.15, 0.2) is 18.2 Å². The summed E-state index contributed by atoms with van der Waals surface area (Å²) >= 11 is 0. The summed E-state index contributed by atoms with van der Waals surface area (Å²) in [6, 6.07) is 5.40. The van der Waals surface area contributed by atoms with Crippen LogP contribution in [0.3, 0.4) is 0 Å². The minimum Gasteiger partial charge on any atom is -0.324 e. The molecule has 7 heteroatoms. The number of nitrogens with one attached hydrogen (secondary N) is 1. The predicted molar refractivity (Wildman–Crippen MR) is 95.0 cm³/mol. The van der Waals surface area contributed by atoms with E-state index in [-0.39, 0.29) is 29.7 Å². The zero-order chi connectivity index (χ0) is 18.5. The summed E-state index contributed by atoms with van der Waals surface area (Å²) in [5, 5.41) is 2.33. The summed E-state index contributed by atoms with van der Waals surface area (Å²) in [5.74, 6) is -0.765. The van der Waals surface area contributed by atoms with Crippen molar-refractivity contribution in [3.63, 3.8) is 0 Å². The van der Waals surface area contributed by atoms with Gasteiger partial charge in [0.15, 0.2) is 0 Å². The van der Waals surface area contributed by atoms with Gasteiger partial charge in [-0.2, -0.15) is 0 Å². The molecule has 2 saturated heterocycles. The zero-order valence-electron chi connectivity index (χ0n) is 15.0. The molecule has 7 nitrogen and oxygen atoms in total. The van der Waals surface area contributed by atoms with E-state index in [9.17, 15) is 14.4 Å². The summed E-state index contributed by atoms with van der Waals surface area (Å²) in [6.45, 7) is 5.06. The molecule has 0 spiro atoms. The summed E-state index contributed by atoms with van der Waals surface area (Å²) < 4.78 is 0. The second-order valence-electron chi connectivity index (χ2n) is 8.01. The molecular formula is C19H24N4O3. The Morgan fingerprint density at radius 1 is 1.31 bits per heavy atom. The first-order chi connectivity index (χ1) is 12.3. The number of benzene rings is 1. The van der Waals surface area contributed by atoms with Crippen LogP contribution in [0.1, 0.15) is 47.7 Å². The molecule has 1 unspecified atom stereocenters. The number of hydrogen-bond acceptors (Lipinski definition) is 5. The van der Waals surface area contributed by atoms with E-state index in [1.54, 1.807) is 4.90 Å². The Kier molecular flexibility index (Phi) is 4.08. The third kappa shape index (κ3) is 3.12. The first-order valence-corrected chi connectivity index (χ1v) is 9.10. The van der Waals surface area contributed by atoms with Gasteiger partial charge < -0.3 is 10.6 Å². The molecule has 1 aromatic rings. The molecule has 2 fully saturated rings. The Hall–Kier alpha value is -2.25. The van der Waals surface area contributed by atoms with Crippen LogP contribution in [0.5, 0.6) is 0 Å². The number of imide groups is 1. The molecule has 0 bridgehead atoms. The van der Waals surface area contributed by atoms with Crippen molar-refractivity contribution >= 4 is 17.7 Å². The second kappa shape index (κ2) is 6.17. The maximum Gasteiger partial charge on any atom is 0.255 e. The van der Waals surface area contributed by atoms with Crippen LogP contribution < -0.4 is 11.1 Å². The van der Waals surface area contributed by atoms with Crippen molar-refractivity contribution < 1.29 is 14.4 Å². The molecule has 1 aromatic carbocycles. The molecule has 138 valence electrons. The molecule has 3 aliphatic heterocycles. The van der Waals surface area contributed by atoms with Gasteiger partial charge >= 0.3 is 0 Å². The van der Waals surface area contributed by atoms with Gasteiger partial charge in [0, 0.05) is 43.7 Å². The largest absolute Gasteiger partial charge is 0.324 e. The number of carbonyl (C=O) groups is 3. The van der Waals surface area contributed by atoms with Gasteiger partial charge in [-0.05, 0) is 37.0 Å². The number of carbonyl (C=O) groups excluding carboxylic acids is 3. The molecular weight excluding hydrogens is 332 g/mol. The highest BCUT2D eigenvalue weighted by atomic mass is 16.2. The summed E-state index contributed by atoms with van der Waals surface area (Å²) in [4.78, 5) is 40.2. The van der Waals surface area contributed by atoms with Crippen molar-refractivity contribution in [3.8, 4) is 0 Å². The fraction of sp³-hybridized carbons (Fsp3) is 0.526. The van der Waals surface area contributed by atoms with E-state index in [0.717, 1.165) is 37.2 Å². The van der Waals surface area contributed by atoms with Gasteiger partial charge in [0.05, 0.1) is 0 Å². The Balaban J connectivity index is 1.49. The lowest BCUT2D eigenvalue weighted by molar-refractivity contribution is -0.136. The van der Waals surface area contributed by atoms with Gasteiger partial charge in [-0.15, -0.1) is 0 Å². The van der Waals surface area contributed by atoms with E-state index in [0.29, 0.717) is 18.5 Å². The van der Waals surface area contributed by atoms with E-state index >= 15 is 0 Å². The molecule has 0 radical (unpaired) electrons. The molecule has 0 aliphatic carbocycles. The molecule has 2 atom stereocenters. The van der Waals surface area contributed by atoms with Gasteiger partial charge in [0.25, 0.3) is 5.91 Å². The SMILES string of the molecule is C[C@]1(N)CCN(Cc2ccc3c(c2)C(=O)N(C2CCC(=O)NC2=O)C3)C1. The van der Waals surface area contributed by atoms with Crippen LogP contribution >= 0.6 is 0 Å². The van der Waals surface area contributed by atoms with E-state index in [2.05, 4.69) is 17.1 Å². The number of nitrogens with two attached hydrogens (primary N) is 1. The monoisotopic (exact) mass is 356 g/mol. The van der Waals surface area contributed by atoms with Gasteiger partial charge in [0.1, 0.15) is 6.04 Å². The minimum atomic E-state index is -0.562. The summed E-state index contributed by atoms with van der Waals surface area (Å²) in [5.41, 5.74) is 8.74. The number of rotatable bonds is 3. The normalized spacial score (nSPS) is 29.2. The quantitative estimate of drug-likeness (QED) is 0.763. The zero-order valence-corrected chi connectivity index (χ0v) is 15.0. The lowest BCUT2D eigenvalue weighted by atomic mass is 10.0. The van der Waals surface area contributed by atoms with Gasteiger partial charge in [-0.3, -0.25) is 24.6 Å². The van der Waals surface area contributed by atoms with Crippen LogP contribution in [-0.2, 0) is 22.7 Å². The Morgan fingerprint density at radius 3 is 2.81 bits per heavy atom. The molecule has 0 saturated carbocycles. The Morgan fingerprint density at radius 2 is 2.12 bits per heavy atom. The Bertz CT molecular complexity index is 789. The molecule has 3 N–H and O–H groups in total. The number of hydrogen-bond donors (Lipinski definition) is 2. The fourth-order valence-electron chi connectivity index (χ4n) is 4.18. The lowest BCUT2D eigenvalue weighted by Crippen LogP contribution is -2.52. The first-order valence-electron chi connectivity index (χ1n) is 9.10. The van der Waals surface area contributed by atoms with Crippen molar-refractivity contribution in [1.82, 2.24) is 15.1 Å². The van der Waals surface area contributed by atoms with Crippen LogP contribution in [0.4, 0.5) is 0 Å². The van der Waals surface area contributed by atoms with Crippen LogP contribution in [-0.4, -0.2) is 52.2 Å². The van der Waals surface area contributed by atoms with Crippen LogP contribution in [0, 0.1) is 0 Å². The highest BCUT2D eigenvalue weighted by Gasteiger charge is 2.39. The fourth-order valence-corrected chi connectivity index (χ4v) is 4.18. The molecule has 3 heterocycles. The van der Waals surface area contributed by atoms with Gasteiger partial charge in [-0.1, -0.05) is 12.1 Å². The maximum atomic E-state index is 12.8. The van der Waals surface area contributed by atoms with Gasteiger partial charge in [0.2, 0.25) is 11.8 Å². The van der Waals surface area contributed by atoms with E-state index in [1.165, 1.54) is 0 Å². The number of fused-ring (bicyclic) bond motifs is 1. The molecule has 3 aliphatic rings. The summed E-state index contributed by atoms with van der Waals surface area (Å²) in [7, 11) is 0. The number of nitrogens with zero attached hydrogens (tertiary/aromatic N) is 2. The van der Waals surface area contributed by atoms with Gasteiger partial charge in [-0.25, -0.2) is 0 Å². The third-order valence-corrected chi connectivity index (χ3v) is 5.58. The second-order valence-corrected chi connectivity index (χ2v) is 8.01. The average molecular weight is 356 g/mol. The highest BCUT2D eigenvalue weighted by molar-refractivity contribution is 6.05. The maximum absolute atomic E-state index is 12.8. The number of amides is 3. The molecule has 4 rings (SSSR count). The van der Waals surface area contributed by atoms with Crippen molar-refractivity contribution in [3.05, 3.63) is 34.9 Å². The van der Waals surface area contributed by atoms with E-state index < -0.39 is 6.04 Å². The van der Waals surface area contributed by atoms with Crippen LogP contribution in [0.25, 0.3) is 0 Å². The van der Waals surface area contributed by atoms with E-state index in [1.807, 2.05) is 18.2 Å². The van der Waals surface area contributed by atoms with Crippen LogP contribution in [0.2, 0.25) is 0 Å². The third-order valence-electron chi connectivity index (χ3n) is 5.58. The van der Waals surface area contributed by atoms with Crippen molar-refractivity contribution in [1.29, 1.82) is 0 Å². The van der Waals surface area contributed by atoms with Crippen molar-refractivity contribution in [2.24, 2.45) is 5.73 Å². The molecule has 26 heavy (non-hydrogen) atoms. The average Bonchev–Trinajstić information content (AvgIpc) is 3.07. The summed E-state index contributed by atoms with van der Waals surface area (Å²) in [6.07, 6.45) is 1.63. The number of likely N-dealkylation sites (tertiary alicyclic amines) is 1. The lowest BCUT2D eigenvalue weighted by Gasteiger charge is -2.29. The highest BCUT2D eigenvalue weighted by Crippen LogP contribution is 2.29.